The van der Waals surface area contributed by atoms with Gasteiger partial charge in [0.25, 0.3) is 0 Å². The molecule has 0 N–H and O–H groups in total. The number of hydrogen-bond acceptors (Lipinski definition) is 8. The number of fused-ring (bicyclic) bond motifs is 2. The summed E-state index contributed by atoms with van der Waals surface area (Å²) in [6.45, 7) is 12.1. The number of aromatic nitrogens is 2. The molecular weight excluding hydrogens is 697 g/mol. The van der Waals surface area contributed by atoms with Crippen LogP contribution in [0.25, 0.3) is 0 Å². The van der Waals surface area contributed by atoms with Crippen LogP contribution < -0.4 is 19.3 Å². The summed E-state index contributed by atoms with van der Waals surface area (Å²) in [6, 6.07) is 34.9. The fourth-order valence-corrected chi connectivity index (χ4v) is 10.4. The zero-order valence-corrected chi connectivity index (χ0v) is 32.7. The molecular formula is C48H50N4O4. The van der Waals surface area contributed by atoms with Gasteiger partial charge in [-0.15, -0.1) is 0 Å². The number of nitrogens with zero attached hydrogens (tertiary/aromatic N) is 4. The van der Waals surface area contributed by atoms with Crippen molar-refractivity contribution in [2.75, 3.05) is 49.2 Å². The lowest BCUT2D eigenvalue weighted by atomic mass is 9.71. The van der Waals surface area contributed by atoms with Crippen molar-refractivity contribution in [3.8, 4) is 11.5 Å². The lowest BCUT2D eigenvalue weighted by Crippen LogP contribution is -2.31. The van der Waals surface area contributed by atoms with Gasteiger partial charge in [0.2, 0.25) is 0 Å². The molecule has 0 radical (unpaired) electrons. The SMILES string of the molecule is CCCOc1ccc(C(C)(c2ccc(N3CCCC3)cc2)c2nc3c4nc2C2C4(OC3=O)C2(c2ccc(OCCC)cc2)c2ccc(N3CCCC3)cc2)cc1. The van der Waals surface area contributed by atoms with Gasteiger partial charge in [0.15, 0.2) is 11.3 Å². The van der Waals surface area contributed by atoms with Gasteiger partial charge in [-0.3, -0.25) is 0 Å². The number of esters is 1. The molecule has 56 heavy (non-hydrogen) atoms. The van der Waals surface area contributed by atoms with Crippen LogP contribution in [0.15, 0.2) is 97.1 Å². The maximum absolute atomic E-state index is 14.2. The number of anilines is 2. The van der Waals surface area contributed by atoms with Gasteiger partial charge in [0, 0.05) is 37.6 Å². The summed E-state index contributed by atoms with van der Waals surface area (Å²) >= 11 is 0. The van der Waals surface area contributed by atoms with Crippen LogP contribution in [0.2, 0.25) is 0 Å². The molecule has 1 aliphatic carbocycles. The minimum absolute atomic E-state index is 0.261. The lowest BCUT2D eigenvalue weighted by Gasteiger charge is -2.33. The molecule has 5 heterocycles. The molecule has 1 spiro atoms. The Morgan fingerprint density at radius 1 is 0.679 bits per heavy atom. The third kappa shape index (κ3) is 4.99. The summed E-state index contributed by atoms with van der Waals surface area (Å²) in [6.07, 6.45) is 6.74. The summed E-state index contributed by atoms with van der Waals surface area (Å²) in [5.41, 5.74) is 7.06. The van der Waals surface area contributed by atoms with Crippen molar-refractivity contribution in [1.29, 1.82) is 0 Å². The van der Waals surface area contributed by atoms with Crippen LogP contribution in [0.3, 0.4) is 0 Å². The van der Waals surface area contributed by atoms with Crippen LogP contribution in [-0.2, 0) is 21.2 Å². The monoisotopic (exact) mass is 746 g/mol. The molecule has 0 amide bonds. The van der Waals surface area contributed by atoms with Crippen LogP contribution in [-0.4, -0.2) is 55.3 Å². The summed E-state index contributed by atoms with van der Waals surface area (Å²) < 4.78 is 18.7. The molecule has 8 nitrogen and oxygen atoms in total. The van der Waals surface area contributed by atoms with Crippen LogP contribution in [0.5, 0.6) is 11.5 Å². The second-order valence-corrected chi connectivity index (χ2v) is 16.4. The second kappa shape index (κ2) is 13.4. The molecule has 2 saturated heterocycles. The van der Waals surface area contributed by atoms with Crippen LogP contribution in [0.1, 0.15) is 115 Å². The molecule has 1 aromatic heterocycles. The predicted octanol–water partition coefficient (Wildman–Crippen LogP) is 9.07. The van der Waals surface area contributed by atoms with E-state index in [1.807, 2.05) is 0 Å². The highest BCUT2D eigenvalue weighted by molar-refractivity contribution is 5.96. The highest BCUT2D eigenvalue weighted by Gasteiger charge is 2.89. The minimum Gasteiger partial charge on any atom is -0.494 e. The zero-order chi connectivity index (χ0) is 38.1. The lowest BCUT2D eigenvalue weighted by molar-refractivity contribution is 0.0247. The molecule has 10 rings (SSSR count). The highest BCUT2D eigenvalue weighted by atomic mass is 16.6. The maximum Gasteiger partial charge on any atom is 0.360 e. The normalized spacial score (nSPS) is 23.9. The first-order valence-corrected chi connectivity index (χ1v) is 20.8. The standard InChI is InChI=1S/C48H50N4O4/c1-4-30-54-38-22-14-33(15-23-38)46(3,32-10-18-36(19-11-32)51-26-6-7-27-51)43-40-42-47(35-16-24-39(25-17-35)55-31-5-2,48(42)44(49-40)41(50-43)45(53)56-48)34-12-20-37(21-13-34)52-28-8-9-29-52/h10-25,42H,4-9,26-31H2,1-3H3. The van der Waals surface area contributed by atoms with Crippen LogP contribution in [0.4, 0.5) is 11.4 Å². The first kappa shape index (κ1) is 35.1. The van der Waals surface area contributed by atoms with E-state index in [0.717, 1.165) is 84.2 Å². The topological polar surface area (TPSA) is 77.0 Å². The van der Waals surface area contributed by atoms with Crippen molar-refractivity contribution in [2.45, 2.75) is 81.6 Å². The summed E-state index contributed by atoms with van der Waals surface area (Å²) in [5.74, 6) is 1.00. The number of rotatable bonds is 13. The van der Waals surface area contributed by atoms with E-state index in [4.69, 9.17) is 24.2 Å². The van der Waals surface area contributed by atoms with E-state index in [1.165, 1.54) is 37.1 Å². The number of hydrogen-bond donors (Lipinski definition) is 0. The van der Waals surface area contributed by atoms with Crippen LogP contribution >= 0.6 is 0 Å². The minimum atomic E-state index is -0.987. The van der Waals surface area contributed by atoms with Crippen molar-refractivity contribution in [1.82, 2.24) is 9.97 Å². The van der Waals surface area contributed by atoms with Gasteiger partial charge in [-0.25, -0.2) is 14.8 Å². The van der Waals surface area contributed by atoms with Crippen molar-refractivity contribution >= 4 is 17.3 Å². The average Bonchev–Trinajstić information content (AvgIpc) is 3.89. The van der Waals surface area contributed by atoms with E-state index in [1.54, 1.807) is 0 Å². The summed E-state index contributed by atoms with van der Waals surface area (Å²) in [5, 5.41) is 0. The van der Waals surface area contributed by atoms with Crippen molar-refractivity contribution in [3.05, 3.63) is 142 Å². The Kier molecular flexibility index (Phi) is 8.38. The fraction of sp³-hybridized carbons (Fsp3) is 0.396. The van der Waals surface area contributed by atoms with E-state index in [-0.39, 0.29) is 5.92 Å². The Balaban J connectivity index is 1.15. The van der Waals surface area contributed by atoms with E-state index in [9.17, 15) is 4.79 Å². The van der Waals surface area contributed by atoms with Gasteiger partial charge in [-0.2, -0.15) is 0 Å². The Labute approximate surface area is 329 Å². The first-order valence-electron chi connectivity index (χ1n) is 20.8. The zero-order valence-electron chi connectivity index (χ0n) is 32.7. The molecule has 4 aromatic carbocycles. The van der Waals surface area contributed by atoms with E-state index >= 15 is 0 Å². The summed E-state index contributed by atoms with van der Waals surface area (Å²) in [7, 11) is 0. The molecule has 4 atom stereocenters. The smallest absolute Gasteiger partial charge is 0.360 e. The van der Waals surface area contributed by atoms with E-state index in [0.29, 0.717) is 24.6 Å². The number of carbonyl (C=O) groups is 1. The Bertz CT molecular complexity index is 2260. The molecule has 1 saturated carbocycles. The third-order valence-corrected chi connectivity index (χ3v) is 13.2. The van der Waals surface area contributed by atoms with Gasteiger partial charge < -0.3 is 24.0 Å². The molecule has 5 aromatic rings. The number of benzene rings is 4. The maximum atomic E-state index is 14.2. The molecule has 5 aliphatic rings. The van der Waals surface area contributed by atoms with Crippen molar-refractivity contribution in [2.24, 2.45) is 0 Å². The van der Waals surface area contributed by atoms with E-state index in [2.05, 4.69) is 128 Å². The van der Waals surface area contributed by atoms with Gasteiger partial charge in [-0.05, 0) is 116 Å². The van der Waals surface area contributed by atoms with Crippen LogP contribution in [0, 0.1) is 0 Å². The molecule has 286 valence electrons. The Hall–Kier alpha value is -5.37. The van der Waals surface area contributed by atoms with Gasteiger partial charge >= 0.3 is 5.97 Å². The Morgan fingerprint density at radius 2 is 1.14 bits per heavy atom. The first-order chi connectivity index (χ1) is 27.4. The quantitative estimate of drug-likeness (QED) is 0.111. The van der Waals surface area contributed by atoms with Gasteiger partial charge in [0.1, 0.15) is 17.2 Å². The second-order valence-electron chi connectivity index (χ2n) is 16.4. The van der Waals surface area contributed by atoms with Gasteiger partial charge in [0.05, 0.1) is 41.3 Å². The van der Waals surface area contributed by atoms with Crippen molar-refractivity contribution in [3.63, 3.8) is 0 Å². The largest absolute Gasteiger partial charge is 0.494 e. The summed E-state index contributed by atoms with van der Waals surface area (Å²) in [4.78, 5) is 29.8. The van der Waals surface area contributed by atoms with Gasteiger partial charge in [-0.1, -0.05) is 62.4 Å². The molecule has 4 aliphatic heterocycles. The molecule has 4 unspecified atom stereocenters. The number of ether oxygens (including phenoxy) is 3. The Morgan fingerprint density at radius 3 is 1.66 bits per heavy atom. The average molecular weight is 747 g/mol. The number of carbonyl (C=O) groups excluding carboxylic acids is 1. The fourth-order valence-electron chi connectivity index (χ4n) is 10.4. The molecule has 2 bridgehead atoms. The molecule has 8 heteroatoms. The third-order valence-electron chi connectivity index (χ3n) is 13.2. The van der Waals surface area contributed by atoms with Crippen molar-refractivity contribution < 1.29 is 19.0 Å². The van der Waals surface area contributed by atoms with E-state index < -0.39 is 22.4 Å². The predicted molar refractivity (Wildman–Crippen MR) is 218 cm³/mol. The highest BCUT2D eigenvalue weighted by Crippen LogP contribution is 2.82. The molecule has 3 fully saturated rings.